The minimum Gasteiger partial charge on any atom is -0.322 e. The molecule has 0 aliphatic heterocycles. The van der Waals surface area contributed by atoms with Crippen LogP contribution in [0.2, 0.25) is 0 Å². The monoisotopic (exact) mass is 426 g/mol. The Hall–Kier alpha value is -2.02. The molecule has 2 aliphatic carbocycles. The highest BCUT2D eigenvalue weighted by Crippen LogP contribution is 2.64. The van der Waals surface area contributed by atoms with Crippen molar-refractivity contribution in [3.05, 3.63) is 71.8 Å². The topological polar surface area (TPSA) is 89.3 Å². The lowest BCUT2D eigenvalue weighted by Crippen LogP contribution is -2.47. The number of nitrogens with two attached hydrogens (primary N) is 1. The Kier molecular flexibility index (Phi) is 5.37. The van der Waals surface area contributed by atoms with E-state index in [1.807, 2.05) is 60.7 Å². The fourth-order valence-corrected chi connectivity index (χ4v) is 7.62. The summed E-state index contributed by atoms with van der Waals surface area (Å²) in [5, 5.41) is 0. The molecular weight excluding hydrogens is 396 g/mol. The summed E-state index contributed by atoms with van der Waals surface area (Å²) in [6.07, 6.45) is 2.05. The molecule has 30 heavy (non-hydrogen) atoms. The second-order valence-corrected chi connectivity index (χ2v) is 11.1. The van der Waals surface area contributed by atoms with Crippen LogP contribution in [0.25, 0.3) is 0 Å². The van der Waals surface area contributed by atoms with Crippen LogP contribution in [0.4, 0.5) is 0 Å². The number of hydrogen-bond donors (Lipinski definition) is 2. The Morgan fingerprint density at radius 3 is 2.10 bits per heavy atom. The number of nitrogens with one attached hydrogen (secondary N) is 1. The Labute approximate surface area is 179 Å². The van der Waals surface area contributed by atoms with E-state index in [-0.39, 0.29) is 22.9 Å². The van der Waals surface area contributed by atoms with Crippen molar-refractivity contribution < 1.29 is 13.2 Å². The van der Waals surface area contributed by atoms with E-state index in [4.69, 9.17) is 5.73 Å². The molecule has 4 rings (SSSR count). The van der Waals surface area contributed by atoms with E-state index in [1.165, 1.54) is 0 Å². The largest absolute Gasteiger partial charge is 0.322 e. The Morgan fingerprint density at radius 1 is 1.03 bits per heavy atom. The maximum atomic E-state index is 13.4. The van der Waals surface area contributed by atoms with Crippen LogP contribution in [0.15, 0.2) is 60.7 Å². The summed E-state index contributed by atoms with van der Waals surface area (Å²) in [7, 11) is -3.76. The number of rotatable bonds is 7. The molecule has 6 heteroatoms. The molecule has 1 unspecified atom stereocenters. The van der Waals surface area contributed by atoms with Crippen molar-refractivity contribution in [3.8, 4) is 0 Å². The first kappa shape index (κ1) is 21.2. The zero-order valence-electron chi connectivity index (χ0n) is 17.5. The molecule has 3 N–H and O–H groups in total. The van der Waals surface area contributed by atoms with Crippen molar-refractivity contribution in [3.63, 3.8) is 0 Å². The average Bonchev–Trinajstić information content (AvgIpc) is 3.07. The molecule has 4 atom stereocenters. The van der Waals surface area contributed by atoms with Gasteiger partial charge in [-0.2, -0.15) is 0 Å². The minimum atomic E-state index is -3.76. The normalized spacial score (nSPS) is 27.2. The molecule has 2 aromatic rings. The molecule has 0 amide bonds. The molecule has 2 fully saturated rings. The highest BCUT2D eigenvalue weighted by atomic mass is 32.2. The second kappa shape index (κ2) is 7.59. The van der Waals surface area contributed by atoms with Crippen LogP contribution >= 0.6 is 0 Å². The van der Waals surface area contributed by atoms with Crippen LogP contribution in [-0.2, 0) is 14.8 Å². The first-order chi connectivity index (χ1) is 14.2. The molecule has 2 aliphatic rings. The van der Waals surface area contributed by atoms with E-state index < -0.39 is 27.5 Å². The number of carbonyl (C=O) groups is 1. The van der Waals surface area contributed by atoms with E-state index in [0.29, 0.717) is 12.8 Å². The van der Waals surface area contributed by atoms with Gasteiger partial charge in [0.2, 0.25) is 10.0 Å². The predicted octanol–water partition coefficient (Wildman–Crippen LogP) is 3.74. The average molecular weight is 427 g/mol. The van der Waals surface area contributed by atoms with Crippen molar-refractivity contribution in [2.24, 2.45) is 22.5 Å². The number of carbonyl (C=O) groups excluding carboxylic acids is 1. The zero-order chi connectivity index (χ0) is 21.6. The third kappa shape index (κ3) is 3.51. The van der Waals surface area contributed by atoms with E-state index in [1.54, 1.807) is 0 Å². The van der Waals surface area contributed by atoms with Crippen LogP contribution in [-0.4, -0.2) is 20.0 Å². The van der Waals surface area contributed by atoms with E-state index >= 15 is 0 Å². The predicted molar refractivity (Wildman–Crippen MR) is 118 cm³/mol. The first-order valence-electron chi connectivity index (χ1n) is 10.6. The first-order valence-corrected chi connectivity index (χ1v) is 12.2. The number of Topliss-reactive ketones (excluding diaryl/α,β-unsaturated/α-hetero) is 1. The lowest BCUT2D eigenvalue weighted by atomic mass is 9.70. The van der Waals surface area contributed by atoms with Gasteiger partial charge >= 0.3 is 0 Å². The number of ketones is 1. The van der Waals surface area contributed by atoms with Crippen molar-refractivity contribution in [1.29, 1.82) is 0 Å². The van der Waals surface area contributed by atoms with Gasteiger partial charge in [0, 0.05) is 11.8 Å². The number of fused-ring (bicyclic) bond motifs is 2. The molecule has 0 radical (unpaired) electrons. The zero-order valence-corrected chi connectivity index (χ0v) is 18.4. The van der Waals surface area contributed by atoms with Gasteiger partial charge < -0.3 is 5.73 Å². The van der Waals surface area contributed by atoms with E-state index in [9.17, 15) is 13.2 Å². The van der Waals surface area contributed by atoms with Gasteiger partial charge in [0.15, 0.2) is 0 Å². The van der Waals surface area contributed by atoms with Crippen LogP contribution in [0.5, 0.6) is 0 Å². The lowest BCUT2D eigenvalue weighted by Gasteiger charge is -2.37. The van der Waals surface area contributed by atoms with Gasteiger partial charge in [-0.15, -0.1) is 0 Å². The fourth-order valence-electron chi connectivity index (χ4n) is 5.54. The SMILES string of the molecule is CC1(C)C2CC[C@@]1(CS(=O)(=O)N[C@H](c1ccccc1)[C@H](N)c1ccccc1)C(=O)C2. The quantitative estimate of drug-likeness (QED) is 0.706. The molecule has 2 saturated carbocycles. The minimum absolute atomic E-state index is 0.0951. The molecule has 2 aromatic carbocycles. The molecule has 2 bridgehead atoms. The van der Waals surface area contributed by atoms with Crippen LogP contribution in [0, 0.1) is 16.7 Å². The van der Waals surface area contributed by atoms with E-state index in [0.717, 1.165) is 17.5 Å². The standard InChI is InChI=1S/C24H30N2O3S/c1-23(2)19-13-14-24(23,20(27)15-19)16-30(28,29)26-22(18-11-7-4-8-12-18)21(25)17-9-5-3-6-10-17/h3-12,19,21-22,26H,13-16,25H2,1-2H3/t19?,21-,22-,24-/m1/s1. The Morgan fingerprint density at radius 2 is 1.60 bits per heavy atom. The molecule has 0 spiro atoms. The Balaban J connectivity index is 1.65. The fraction of sp³-hybridized carbons (Fsp3) is 0.458. The molecule has 160 valence electrons. The summed E-state index contributed by atoms with van der Waals surface area (Å²) in [4.78, 5) is 12.8. The highest BCUT2D eigenvalue weighted by Gasteiger charge is 2.65. The molecule has 5 nitrogen and oxygen atoms in total. The van der Waals surface area contributed by atoms with Gasteiger partial charge in [-0.25, -0.2) is 13.1 Å². The van der Waals surface area contributed by atoms with Crippen molar-refractivity contribution >= 4 is 15.8 Å². The van der Waals surface area contributed by atoms with Gasteiger partial charge in [0.05, 0.1) is 17.8 Å². The number of sulfonamides is 1. The van der Waals surface area contributed by atoms with Crippen molar-refractivity contribution in [2.45, 2.75) is 45.2 Å². The van der Waals surface area contributed by atoms with Crippen LogP contribution < -0.4 is 10.5 Å². The summed E-state index contributed by atoms with van der Waals surface area (Å²) in [5.74, 6) is 0.196. The number of hydrogen-bond acceptors (Lipinski definition) is 4. The summed E-state index contributed by atoms with van der Waals surface area (Å²) in [6.45, 7) is 4.10. The van der Waals surface area contributed by atoms with Gasteiger partial charge in [-0.1, -0.05) is 74.5 Å². The molecule has 0 aromatic heterocycles. The second-order valence-electron chi connectivity index (χ2n) is 9.37. The van der Waals surface area contributed by atoms with Gasteiger partial charge in [0.25, 0.3) is 0 Å². The summed E-state index contributed by atoms with van der Waals surface area (Å²) in [6, 6.07) is 17.7. The highest BCUT2D eigenvalue weighted by molar-refractivity contribution is 7.89. The Bertz CT molecular complexity index is 1020. The van der Waals surface area contributed by atoms with Gasteiger partial charge in [0.1, 0.15) is 5.78 Å². The van der Waals surface area contributed by atoms with Crippen LogP contribution in [0.3, 0.4) is 0 Å². The summed E-state index contributed by atoms with van der Waals surface area (Å²) in [5.41, 5.74) is 7.09. The maximum absolute atomic E-state index is 13.4. The third-order valence-electron chi connectivity index (χ3n) is 7.58. The lowest BCUT2D eigenvalue weighted by molar-refractivity contribution is -0.128. The maximum Gasteiger partial charge on any atom is 0.213 e. The molecule has 0 heterocycles. The summed E-state index contributed by atoms with van der Waals surface area (Å²) < 4.78 is 29.7. The van der Waals surface area contributed by atoms with Crippen molar-refractivity contribution in [1.82, 2.24) is 4.72 Å². The van der Waals surface area contributed by atoms with Gasteiger partial charge in [-0.3, -0.25) is 4.79 Å². The molecule has 0 saturated heterocycles. The smallest absolute Gasteiger partial charge is 0.213 e. The van der Waals surface area contributed by atoms with Crippen LogP contribution in [0.1, 0.15) is 56.3 Å². The van der Waals surface area contributed by atoms with Gasteiger partial charge in [-0.05, 0) is 35.3 Å². The number of benzene rings is 2. The van der Waals surface area contributed by atoms with Crippen molar-refractivity contribution in [2.75, 3.05) is 5.75 Å². The van der Waals surface area contributed by atoms with E-state index in [2.05, 4.69) is 18.6 Å². The molecular formula is C24H30N2O3S. The third-order valence-corrected chi connectivity index (χ3v) is 9.07. The summed E-state index contributed by atoms with van der Waals surface area (Å²) >= 11 is 0.